The number of rotatable bonds is 5. The van der Waals surface area contributed by atoms with Gasteiger partial charge in [0.05, 0.1) is 6.54 Å². The van der Waals surface area contributed by atoms with E-state index in [0.717, 1.165) is 5.56 Å². The van der Waals surface area contributed by atoms with Gasteiger partial charge in [0.1, 0.15) is 29.7 Å². The summed E-state index contributed by atoms with van der Waals surface area (Å²) in [7, 11) is 0. The minimum atomic E-state index is -0.852. The number of aryl methyl sites for hydroxylation is 1. The van der Waals surface area contributed by atoms with Crippen LogP contribution in [0.1, 0.15) is 17.2 Å². The molecule has 0 aliphatic rings. The SMILES string of the molecule is Cc1ccc(Oc2ccc(C(O)Cn3cncn3)c(Cl)n2)cc1Cl. The lowest BCUT2D eigenvalue weighted by Crippen LogP contribution is -2.10. The number of aromatic nitrogens is 4. The smallest absolute Gasteiger partial charge is 0.220 e. The average molecular weight is 365 g/mol. The molecule has 8 heteroatoms. The lowest BCUT2D eigenvalue weighted by atomic mass is 10.1. The second-order valence-corrected chi connectivity index (χ2v) is 5.94. The summed E-state index contributed by atoms with van der Waals surface area (Å²) < 4.78 is 7.16. The van der Waals surface area contributed by atoms with Crippen molar-refractivity contribution in [3.63, 3.8) is 0 Å². The summed E-state index contributed by atoms with van der Waals surface area (Å²) in [6, 6.07) is 8.67. The van der Waals surface area contributed by atoms with Crippen LogP contribution in [0.25, 0.3) is 0 Å². The van der Waals surface area contributed by atoms with E-state index < -0.39 is 6.10 Å². The molecule has 124 valence electrons. The molecule has 0 amide bonds. The summed E-state index contributed by atoms with van der Waals surface area (Å²) in [5, 5.41) is 15.0. The van der Waals surface area contributed by atoms with Crippen LogP contribution in [-0.2, 0) is 6.54 Å². The van der Waals surface area contributed by atoms with Crippen LogP contribution in [0.3, 0.4) is 0 Å². The number of benzene rings is 1. The Balaban J connectivity index is 1.75. The van der Waals surface area contributed by atoms with Gasteiger partial charge in [-0.3, -0.25) is 4.68 Å². The first kappa shape index (κ1) is 16.7. The Morgan fingerprint density at radius 3 is 2.75 bits per heavy atom. The molecule has 1 aromatic carbocycles. The van der Waals surface area contributed by atoms with E-state index in [4.69, 9.17) is 27.9 Å². The predicted octanol–water partition coefficient (Wildman–Crippen LogP) is 3.81. The molecule has 1 atom stereocenters. The number of nitrogens with zero attached hydrogens (tertiary/aromatic N) is 4. The topological polar surface area (TPSA) is 73.1 Å². The first-order valence-corrected chi connectivity index (χ1v) is 7.89. The fourth-order valence-electron chi connectivity index (χ4n) is 2.09. The second kappa shape index (κ2) is 7.17. The molecule has 0 fully saturated rings. The first-order chi connectivity index (χ1) is 11.5. The molecule has 6 nitrogen and oxygen atoms in total. The summed E-state index contributed by atoms with van der Waals surface area (Å²) in [6.45, 7) is 2.14. The molecule has 3 aromatic rings. The molecular weight excluding hydrogens is 351 g/mol. The minimum absolute atomic E-state index is 0.165. The number of halogens is 2. The normalized spacial score (nSPS) is 12.2. The zero-order valence-corrected chi connectivity index (χ0v) is 14.2. The summed E-state index contributed by atoms with van der Waals surface area (Å²) in [6.07, 6.45) is 2.06. The molecule has 24 heavy (non-hydrogen) atoms. The zero-order valence-electron chi connectivity index (χ0n) is 12.7. The van der Waals surface area contributed by atoms with E-state index in [1.165, 1.54) is 17.3 Å². The van der Waals surface area contributed by atoms with Crippen molar-refractivity contribution in [1.29, 1.82) is 0 Å². The van der Waals surface area contributed by atoms with Crippen molar-refractivity contribution in [2.24, 2.45) is 0 Å². The van der Waals surface area contributed by atoms with Gasteiger partial charge in [0.15, 0.2) is 0 Å². The van der Waals surface area contributed by atoms with Crippen LogP contribution >= 0.6 is 23.2 Å². The van der Waals surface area contributed by atoms with Crippen LogP contribution in [0, 0.1) is 6.92 Å². The predicted molar refractivity (Wildman–Crippen MR) is 90.5 cm³/mol. The second-order valence-electron chi connectivity index (χ2n) is 5.18. The van der Waals surface area contributed by atoms with E-state index in [0.29, 0.717) is 22.2 Å². The van der Waals surface area contributed by atoms with Gasteiger partial charge in [-0.15, -0.1) is 0 Å². The van der Waals surface area contributed by atoms with Crippen molar-refractivity contribution in [3.8, 4) is 11.6 Å². The van der Waals surface area contributed by atoms with Crippen LogP contribution < -0.4 is 4.74 Å². The first-order valence-electron chi connectivity index (χ1n) is 7.14. The molecule has 0 spiro atoms. The Bertz CT molecular complexity index is 840. The van der Waals surface area contributed by atoms with Gasteiger partial charge in [0.25, 0.3) is 0 Å². The van der Waals surface area contributed by atoms with Gasteiger partial charge in [-0.2, -0.15) is 5.10 Å². The number of aliphatic hydroxyl groups is 1. The maximum Gasteiger partial charge on any atom is 0.220 e. The van der Waals surface area contributed by atoms with E-state index in [9.17, 15) is 5.11 Å². The largest absolute Gasteiger partial charge is 0.439 e. The van der Waals surface area contributed by atoms with Crippen LogP contribution in [-0.4, -0.2) is 24.9 Å². The third kappa shape index (κ3) is 3.84. The highest BCUT2D eigenvalue weighted by Gasteiger charge is 2.15. The molecule has 1 N–H and O–H groups in total. The van der Waals surface area contributed by atoms with E-state index in [1.807, 2.05) is 13.0 Å². The minimum Gasteiger partial charge on any atom is -0.439 e. The lowest BCUT2D eigenvalue weighted by molar-refractivity contribution is 0.151. The maximum absolute atomic E-state index is 10.2. The number of ether oxygens (including phenoxy) is 1. The lowest BCUT2D eigenvalue weighted by Gasteiger charge is -2.13. The molecule has 0 saturated carbocycles. The van der Waals surface area contributed by atoms with Gasteiger partial charge in [-0.05, 0) is 30.7 Å². The monoisotopic (exact) mass is 364 g/mol. The summed E-state index contributed by atoms with van der Waals surface area (Å²) in [5.41, 5.74) is 1.45. The van der Waals surface area contributed by atoms with Crippen molar-refractivity contribution >= 4 is 23.2 Å². The molecule has 0 aliphatic heterocycles. The average Bonchev–Trinajstić information content (AvgIpc) is 3.04. The molecule has 0 bridgehead atoms. The Kier molecular flexibility index (Phi) is 4.99. The van der Waals surface area contributed by atoms with Crippen molar-refractivity contribution in [2.75, 3.05) is 0 Å². The summed E-state index contributed by atoms with van der Waals surface area (Å²) in [5.74, 6) is 0.877. The molecule has 2 aromatic heterocycles. The van der Waals surface area contributed by atoms with Gasteiger partial charge in [0.2, 0.25) is 5.88 Å². The van der Waals surface area contributed by atoms with E-state index in [2.05, 4.69) is 15.1 Å². The third-order valence-electron chi connectivity index (χ3n) is 3.40. The molecule has 3 rings (SSSR count). The van der Waals surface area contributed by atoms with Gasteiger partial charge < -0.3 is 9.84 Å². The fourth-order valence-corrected chi connectivity index (χ4v) is 2.54. The fraction of sp³-hybridized carbons (Fsp3) is 0.188. The Labute approximate surface area is 148 Å². The standard InChI is InChI=1S/C16H14Cl2N4O2/c1-10-2-3-11(6-13(10)17)24-15-5-4-12(16(18)21-15)14(23)7-22-9-19-8-20-22/h2-6,8-9,14,23H,7H2,1H3. The molecule has 0 radical (unpaired) electrons. The highest BCUT2D eigenvalue weighted by Crippen LogP contribution is 2.29. The van der Waals surface area contributed by atoms with Gasteiger partial charge >= 0.3 is 0 Å². The van der Waals surface area contributed by atoms with Crippen LogP contribution in [0.5, 0.6) is 11.6 Å². The Morgan fingerprint density at radius 2 is 2.08 bits per heavy atom. The number of aliphatic hydroxyl groups excluding tert-OH is 1. The highest BCUT2D eigenvalue weighted by molar-refractivity contribution is 6.31. The summed E-state index contributed by atoms with van der Waals surface area (Å²) in [4.78, 5) is 7.99. The quantitative estimate of drug-likeness (QED) is 0.696. The summed E-state index contributed by atoms with van der Waals surface area (Å²) >= 11 is 12.2. The highest BCUT2D eigenvalue weighted by atomic mass is 35.5. The number of hydrogen-bond donors (Lipinski definition) is 1. The molecule has 0 aliphatic carbocycles. The Morgan fingerprint density at radius 1 is 1.25 bits per heavy atom. The molecule has 2 heterocycles. The molecular formula is C16H14Cl2N4O2. The van der Waals surface area contributed by atoms with E-state index >= 15 is 0 Å². The van der Waals surface area contributed by atoms with E-state index in [1.54, 1.807) is 24.3 Å². The van der Waals surface area contributed by atoms with Crippen LogP contribution in [0.15, 0.2) is 43.0 Å². The van der Waals surface area contributed by atoms with E-state index in [-0.39, 0.29) is 11.7 Å². The number of pyridine rings is 1. The molecule has 1 unspecified atom stereocenters. The van der Waals surface area contributed by atoms with Gasteiger partial charge in [-0.1, -0.05) is 29.3 Å². The van der Waals surface area contributed by atoms with Crippen molar-refractivity contribution < 1.29 is 9.84 Å². The zero-order chi connectivity index (χ0) is 17.1. The van der Waals surface area contributed by atoms with Crippen molar-refractivity contribution in [3.05, 3.63) is 64.3 Å². The van der Waals surface area contributed by atoms with Gasteiger partial charge in [0, 0.05) is 16.7 Å². The Hall–Kier alpha value is -2.15. The third-order valence-corrected chi connectivity index (χ3v) is 4.11. The number of hydrogen-bond acceptors (Lipinski definition) is 5. The molecule has 0 saturated heterocycles. The maximum atomic E-state index is 10.2. The van der Waals surface area contributed by atoms with Crippen molar-refractivity contribution in [2.45, 2.75) is 19.6 Å². The van der Waals surface area contributed by atoms with Crippen molar-refractivity contribution in [1.82, 2.24) is 19.7 Å². The van der Waals surface area contributed by atoms with Crippen LogP contribution in [0.2, 0.25) is 10.2 Å². The van der Waals surface area contributed by atoms with Gasteiger partial charge in [-0.25, -0.2) is 9.97 Å². The van der Waals surface area contributed by atoms with Crippen LogP contribution in [0.4, 0.5) is 0 Å².